The first-order chi connectivity index (χ1) is 9.28. The van der Waals surface area contributed by atoms with Gasteiger partial charge in [0.2, 0.25) is 0 Å². The number of aromatic nitrogens is 2. The highest BCUT2D eigenvalue weighted by Gasteiger charge is 2.13. The number of aldehydes is 1. The maximum absolute atomic E-state index is 11.2. The molecule has 94 valence electrons. The number of carbonyl (C=O) groups excluding carboxylic acids is 1. The van der Waals surface area contributed by atoms with Crippen molar-refractivity contribution < 1.29 is 4.79 Å². The van der Waals surface area contributed by atoms with Crippen LogP contribution in [0.5, 0.6) is 0 Å². The fourth-order valence-corrected chi connectivity index (χ4v) is 3.25. The molecule has 0 atom stereocenters. The van der Waals surface area contributed by atoms with E-state index in [-0.39, 0.29) is 0 Å². The fourth-order valence-electron chi connectivity index (χ4n) is 1.82. The Bertz CT molecular complexity index is 718. The molecule has 0 aliphatic carbocycles. The summed E-state index contributed by atoms with van der Waals surface area (Å²) in [5, 5.41) is 6.49. The van der Waals surface area contributed by atoms with E-state index in [0.29, 0.717) is 5.56 Å². The van der Waals surface area contributed by atoms with Crippen molar-refractivity contribution in [2.45, 2.75) is 0 Å². The molecule has 2 aromatic heterocycles. The summed E-state index contributed by atoms with van der Waals surface area (Å²) in [6, 6.07) is 11.7. The lowest BCUT2D eigenvalue weighted by Crippen LogP contribution is -1.93. The standard InChI is InChI=1S/C14H9BrN2OS/c15-11-6-13(19-9-11)14-10(8-18)7-17(16-14)12-4-2-1-3-5-12/h1-9H. The molecule has 0 saturated carbocycles. The lowest BCUT2D eigenvalue weighted by atomic mass is 10.2. The van der Waals surface area contributed by atoms with Gasteiger partial charge in [-0.3, -0.25) is 4.79 Å². The van der Waals surface area contributed by atoms with Gasteiger partial charge in [-0.05, 0) is 34.1 Å². The summed E-state index contributed by atoms with van der Waals surface area (Å²) < 4.78 is 2.73. The van der Waals surface area contributed by atoms with Crippen LogP contribution in [0.2, 0.25) is 0 Å². The molecule has 0 radical (unpaired) electrons. The summed E-state index contributed by atoms with van der Waals surface area (Å²) in [7, 11) is 0. The van der Waals surface area contributed by atoms with E-state index in [1.807, 2.05) is 41.8 Å². The molecule has 19 heavy (non-hydrogen) atoms. The number of benzene rings is 1. The molecule has 0 unspecified atom stereocenters. The lowest BCUT2D eigenvalue weighted by Gasteiger charge is -1.98. The molecule has 0 amide bonds. The molecule has 0 fully saturated rings. The van der Waals surface area contributed by atoms with Gasteiger partial charge in [0.15, 0.2) is 6.29 Å². The topological polar surface area (TPSA) is 34.9 Å². The Kier molecular flexibility index (Phi) is 3.31. The largest absolute Gasteiger partial charge is 0.298 e. The van der Waals surface area contributed by atoms with Crippen molar-refractivity contribution in [2.24, 2.45) is 0 Å². The number of para-hydroxylation sites is 1. The average molecular weight is 333 g/mol. The second-order valence-electron chi connectivity index (χ2n) is 3.96. The summed E-state index contributed by atoms with van der Waals surface area (Å²) in [5.74, 6) is 0. The van der Waals surface area contributed by atoms with Gasteiger partial charge in [0, 0.05) is 16.0 Å². The third-order valence-corrected chi connectivity index (χ3v) is 4.39. The van der Waals surface area contributed by atoms with Gasteiger partial charge in [-0.2, -0.15) is 5.10 Å². The van der Waals surface area contributed by atoms with E-state index < -0.39 is 0 Å². The van der Waals surface area contributed by atoms with Crippen LogP contribution in [0.1, 0.15) is 10.4 Å². The Hall–Kier alpha value is -1.72. The maximum Gasteiger partial charge on any atom is 0.153 e. The molecule has 0 saturated heterocycles. The number of rotatable bonds is 3. The van der Waals surface area contributed by atoms with Gasteiger partial charge >= 0.3 is 0 Å². The minimum Gasteiger partial charge on any atom is -0.298 e. The van der Waals surface area contributed by atoms with Gasteiger partial charge in [0.1, 0.15) is 5.69 Å². The third-order valence-electron chi connectivity index (χ3n) is 2.69. The van der Waals surface area contributed by atoms with Crippen molar-refractivity contribution in [3.8, 4) is 16.3 Å². The monoisotopic (exact) mass is 332 g/mol. The molecule has 5 heteroatoms. The highest BCUT2D eigenvalue weighted by atomic mass is 79.9. The number of nitrogens with zero attached hydrogens (tertiary/aromatic N) is 2. The van der Waals surface area contributed by atoms with Crippen molar-refractivity contribution >= 4 is 33.6 Å². The first kappa shape index (κ1) is 12.3. The average Bonchev–Trinajstić information content (AvgIpc) is 3.05. The number of hydrogen-bond acceptors (Lipinski definition) is 3. The highest BCUT2D eigenvalue weighted by Crippen LogP contribution is 2.31. The summed E-state index contributed by atoms with van der Waals surface area (Å²) in [6.07, 6.45) is 2.60. The third kappa shape index (κ3) is 2.39. The maximum atomic E-state index is 11.2. The van der Waals surface area contributed by atoms with Crippen molar-refractivity contribution in [1.82, 2.24) is 9.78 Å². The summed E-state index contributed by atoms with van der Waals surface area (Å²) >= 11 is 4.97. The molecule has 2 heterocycles. The van der Waals surface area contributed by atoms with Crippen LogP contribution in [0.25, 0.3) is 16.3 Å². The smallest absolute Gasteiger partial charge is 0.153 e. The first-order valence-corrected chi connectivity index (χ1v) is 7.30. The van der Waals surface area contributed by atoms with Crippen LogP contribution in [0, 0.1) is 0 Å². The van der Waals surface area contributed by atoms with Crippen molar-refractivity contribution in [1.29, 1.82) is 0 Å². The molecule has 3 aromatic rings. The Morgan fingerprint density at radius 2 is 2.05 bits per heavy atom. The van der Waals surface area contributed by atoms with Crippen LogP contribution in [-0.2, 0) is 0 Å². The predicted molar refractivity (Wildman–Crippen MR) is 80.0 cm³/mol. The van der Waals surface area contributed by atoms with Crippen molar-refractivity contribution in [2.75, 3.05) is 0 Å². The van der Waals surface area contributed by atoms with Gasteiger partial charge in [-0.1, -0.05) is 18.2 Å². The summed E-state index contributed by atoms with van der Waals surface area (Å²) in [4.78, 5) is 12.2. The summed E-state index contributed by atoms with van der Waals surface area (Å²) in [5.41, 5.74) is 2.25. The van der Waals surface area contributed by atoms with Gasteiger partial charge < -0.3 is 0 Å². The molecule has 0 aliphatic heterocycles. The zero-order valence-electron chi connectivity index (χ0n) is 9.79. The van der Waals surface area contributed by atoms with Crippen LogP contribution in [-0.4, -0.2) is 16.1 Å². The number of thiophene rings is 1. The van der Waals surface area contributed by atoms with E-state index in [2.05, 4.69) is 21.0 Å². The van der Waals surface area contributed by atoms with Crippen molar-refractivity contribution in [3.63, 3.8) is 0 Å². The van der Waals surface area contributed by atoms with E-state index in [4.69, 9.17) is 0 Å². The predicted octanol–water partition coefficient (Wildman–Crippen LogP) is 4.18. The lowest BCUT2D eigenvalue weighted by molar-refractivity contribution is 0.112. The van der Waals surface area contributed by atoms with E-state index in [9.17, 15) is 4.79 Å². The van der Waals surface area contributed by atoms with Crippen LogP contribution >= 0.6 is 27.3 Å². The van der Waals surface area contributed by atoms with E-state index in [0.717, 1.165) is 27.0 Å². The van der Waals surface area contributed by atoms with Crippen LogP contribution < -0.4 is 0 Å². The highest BCUT2D eigenvalue weighted by molar-refractivity contribution is 9.10. The first-order valence-electron chi connectivity index (χ1n) is 5.62. The molecule has 0 N–H and O–H groups in total. The minimum absolute atomic E-state index is 0.596. The normalized spacial score (nSPS) is 10.6. The SMILES string of the molecule is O=Cc1cn(-c2ccccc2)nc1-c1cc(Br)cs1. The van der Waals surface area contributed by atoms with Crippen molar-refractivity contribution in [3.05, 3.63) is 58.0 Å². The van der Waals surface area contributed by atoms with Gasteiger partial charge in [0.25, 0.3) is 0 Å². The Balaban J connectivity index is 2.11. The molecular formula is C14H9BrN2OS. The Morgan fingerprint density at radius 1 is 1.26 bits per heavy atom. The van der Waals surface area contributed by atoms with Gasteiger partial charge in [0.05, 0.1) is 16.1 Å². The van der Waals surface area contributed by atoms with Gasteiger partial charge in [-0.25, -0.2) is 4.68 Å². The zero-order chi connectivity index (χ0) is 13.2. The second kappa shape index (κ2) is 5.11. The second-order valence-corrected chi connectivity index (χ2v) is 5.79. The van der Waals surface area contributed by atoms with Crippen LogP contribution in [0.15, 0.2) is 52.4 Å². The molecule has 3 nitrogen and oxygen atoms in total. The molecule has 3 rings (SSSR count). The number of halogens is 1. The van der Waals surface area contributed by atoms with Gasteiger partial charge in [-0.15, -0.1) is 11.3 Å². The molecule has 0 spiro atoms. The van der Waals surface area contributed by atoms with E-state index >= 15 is 0 Å². The molecule has 1 aromatic carbocycles. The van der Waals surface area contributed by atoms with E-state index in [1.54, 1.807) is 22.2 Å². The zero-order valence-corrected chi connectivity index (χ0v) is 12.2. The van der Waals surface area contributed by atoms with Crippen LogP contribution in [0.4, 0.5) is 0 Å². The Morgan fingerprint density at radius 3 is 2.68 bits per heavy atom. The number of hydrogen-bond donors (Lipinski definition) is 0. The molecule has 0 bridgehead atoms. The summed E-state index contributed by atoms with van der Waals surface area (Å²) in [6.45, 7) is 0. The fraction of sp³-hybridized carbons (Fsp3) is 0. The van der Waals surface area contributed by atoms with E-state index in [1.165, 1.54) is 0 Å². The van der Waals surface area contributed by atoms with Crippen LogP contribution in [0.3, 0.4) is 0 Å². The molecular weight excluding hydrogens is 324 g/mol. The minimum atomic E-state index is 0.596. The quantitative estimate of drug-likeness (QED) is 0.674. The number of carbonyl (C=O) groups is 1. The Labute approximate surface area is 122 Å². The molecule has 0 aliphatic rings.